The molecule has 1 aromatic heterocycles. The Morgan fingerprint density at radius 3 is 2.67 bits per heavy atom. The Balaban J connectivity index is 1.92. The van der Waals surface area contributed by atoms with Crippen molar-refractivity contribution < 1.29 is 5.11 Å². The molecule has 0 aliphatic carbocycles. The quantitative estimate of drug-likeness (QED) is 0.795. The van der Waals surface area contributed by atoms with E-state index in [2.05, 4.69) is 36.3 Å². The molecule has 0 saturated carbocycles. The molecule has 0 aliphatic rings. The van der Waals surface area contributed by atoms with E-state index >= 15 is 0 Å². The second-order valence-electron chi connectivity index (χ2n) is 5.50. The number of halogens is 1. The van der Waals surface area contributed by atoms with E-state index in [1.807, 2.05) is 24.3 Å². The molecule has 21 heavy (non-hydrogen) atoms. The summed E-state index contributed by atoms with van der Waals surface area (Å²) in [4.78, 5) is 3.75. The second-order valence-corrected chi connectivity index (χ2v) is 6.97. The van der Waals surface area contributed by atoms with Gasteiger partial charge in [-0.25, -0.2) is 0 Å². The summed E-state index contributed by atoms with van der Waals surface area (Å²) in [6.07, 6.45) is 0.248. The fraction of sp³-hybridized carbons (Fsp3) is 0.412. The van der Waals surface area contributed by atoms with Gasteiger partial charge in [0.25, 0.3) is 0 Å². The van der Waals surface area contributed by atoms with Crippen LogP contribution in [0.1, 0.15) is 36.8 Å². The van der Waals surface area contributed by atoms with Crippen LogP contribution >= 0.6 is 22.9 Å². The molecule has 0 radical (unpaired) electrons. The lowest BCUT2D eigenvalue weighted by Crippen LogP contribution is -2.31. The van der Waals surface area contributed by atoms with Gasteiger partial charge in [-0.05, 0) is 49.4 Å². The first kappa shape index (κ1) is 16.5. The van der Waals surface area contributed by atoms with Gasteiger partial charge < -0.3 is 5.11 Å². The molecule has 4 heteroatoms. The number of thiophene rings is 1. The van der Waals surface area contributed by atoms with Crippen LogP contribution in [0.15, 0.2) is 41.8 Å². The molecule has 2 rings (SSSR count). The zero-order valence-electron chi connectivity index (χ0n) is 12.5. The second kappa shape index (κ2) is 7.95. The maximum absolute atomic E-state index is 10.3. The predicted molar refractivity (Wildman–Crippen MR) is 90.9 cm³/mol. The van der Waals surface area contributed by atoms with Crippen molar-refractivity contribution in [2.24, 2.45) is 0 Å². The van der Waals surface area contributed by atoms with Gasteiger partial charge in [-0.1, -0.05) is 29.8 Å². The van der Waals surface area contributed by atoms with Gasteiger partial charge in [-0.15, -0.1) is 11.3 Å². The van der Waals surface area contributed by atoms with Crippen LogP contribution in [0, 0.1) is 0 Å². The van der Waals surface area contributed by atoms with Crippen molar-refractivity contribution in [2.45, 2.75) is 39.0 Å². The minimum atomic E-state index is -0.465. The van der Waals surface area contributed by atoms with Gasteiger partial charge in [0.2, 0.25) is 0 Å². The molecule has 0 amide bonds. The molecule has 1 unspecified atom stereocenters. The standard InChI is InChI=1S/C17H22ClNOS/c1-13(2)19(12-16-7-4-10-21-16)9-8-17(20)14-5-3-6-15(18)11-14/h3-7,10-11,13,17,20H,8-9,12H2,1-2H3. The van der Waals surface area contributed by atoms with Crippen molar-refractivity contribution in [3.8, 4) is 0 Å². The fourth-order valence-electron chi connectivity index (χ4n) is 2.29. The molecule has 1 N–H and O–H groups in total. The highest BCUT2D eigenvalue weighted by Crippen LogP contribution is 2.22. The predicted octanol–water partition coefficient (Wildman–Crippen LogP) is 4.74. The smallest absolute Gasteiger partial charge is 0.0802 e. The van der Waals surface area contributed by atoms with Crippen LogP contribution in [0.25, 0.3) is 0 Å². The van der Waals surface area contributed by atoms with E-state index in [1.54, 1.807) is 11.3 Å². The lowest BCUT2D eigenvalue weighted by molar-refractivity contribution is 0.127. The molecular formula is C17H22ClNOS. The maximum atomic E-state index is 10.3. The summed E-state index contributed by atoms with van der Waals surface area (Å²) < 4.78 is 0. The average Bonchev–Trinajstić information content (AvgIpc) is 2.95. The van der Waals surface area contributed by atoms with E-state index in [-0.39, 0.29) is 0 Å². The van der Waals surface area contributed by atoms with Gasteiger partial charge in [0.1, 0.15) is 0 Å². The first-order chi connectivity index (χ1) is 10.1. The number of rotatable bonds is 7. The number of aliphatic hydroxyl groups is 1. The largest absolute Gasteiger partial charge is 0.388 e. The lowest BCUT2D eigenvalue weighted by Gasteiger charge is -2.27. The molecule has 0 spiro atoms. The molecule has 0 bridgehead atoms. The van der Waals surface area contributed by atoms with Gasteiger partial charge >= 0.3 is 0 Å². The van der Waals surface area contributed by atoms with Gasteiger partial charge in [0.15, 0.2) is 0 Å². The van der Waals surface area contributed by atoms with E-state index in [0.29, 0.717) is 17.5 Å². The summed E-state index contributed by atoms with van der Waals surface area (Å²) in [7, 11) is 0. The van der Waals surface area contributed by atoms with Gasteiger partial charge in [-0.3, -0.25) is 4.90 Å². The fourth-order valence-corrected chi connectivity index (χ4v) is 3.22. The van der Waals surface area contributed by atoms with Crippen LogP contribution in [0.2, 0.25) is 5.02 Å². The van der Waals surface area contributed by atoms with Crippen molar-refractivity contribution in [2.75, 3.05) is 6.54 Å². The van der Waals surface area contributed by atoms with E-state index in [4.69, 9.17) is 11.6 Å². The third-order valence-electron chi connectivity index (χ3n) is 3.59. The van der Waals surface area contributed by atoms with Crippen molar-refractivity contribution in [1.29, 1.82) is 0 Å². The molecule has 114 valence electrons. The topological polar surface area (TPSA) is 23.5 Å². The minimum Gasteiger partial charge on any atom is -0.388 e. The van der Waals surface area contributed by atoms with Crippen molar-refractivity contribution >= 4 is 22.9 Å². The Labute approximate surface area is 136 Å². The molecule has 2 aromatic rings. The van der Waals surface area contributed by atoms with Crippen LogP contribution in [0.4, 0.5) is 0 Å². The number of hydrogen-bond acceptors (Lipinski definition) is 3. The summed E-state index contributed by atoms with van der Waals surface area (Å²) in [5.74, 6) is 0. The summed E-state index contributed by atoms with van der Waals surface area (Å²) in [6.45, 7) is 6.19. The summed E-state index contributed by atoms with van der Waals surface area (Å²) in [6, 6.07) is 12.2. The average molecular weight is 324 g/mol. The normalized spacial score (nSPS) is 13.0. The zero-order valence-corrected chi connectivity index (χ0v) is 14.1. The van der Waals surface area contributed by atoms with Crippen LogP contribution in [-0.2, 0) is 6.54 Å². The SMILES string of the molecule is CC(C)N(CCC(O)c1cccc(Cl)c1)Cc1cccs1. The highest BCUT2D eigenvalue weighted by atomic mass is 35.5. The number of nitrogens with zero attached hydrogens (tertiary/aromatic N) is 1. The monoisotopic (exact) mass is 323 g/mol. The number of aliphatic hydroxyl groups excluding tert-OH is 1. The lowest BCUT2D eigenvalue weighted by atomic mass is 10.1. The van der Waals surface area contributed by atoms with Crippen LogP contribution in [0.3, 0.4) is 0 Å². The third kappa shape index (κ3) is 5.11. The first-order valence-electron chi connectivity index (χ1n) is 7.26. The molecule has 0 aliphatic heterocycles. The Morgan fingerprint density at radius 2 is 2.05 bits per heavy atom. The van der Waals surface area contributed by atoms with Crippen LogP contribution in [0.5, 0.6) is 0 Å². The minimum absolute atomic E-state index is 0.457. The Bertz CT molecular complexity index is 541. The van der Waals surface area contributed by atoms with E-state index in [9.17, 15) is 5.11 Å². The van der Waals surface area contributed by atoms with Crippen molar-refractivity contribution in [1.82, 2.24) is 4.90 Å². The summed E-state index contributed by atoms with van der Waals surface area (Å²) in [5.41, 5.74) is 0.891. The third-order valence-corrected chi connectivity index (χ3v) is 4.69. The molecule has 0 saturated heterocycles. The molecule has 2 nitrogen and oxygen atoms in total. The Hall–Kier alpha value is -0.870. The van der Waals surface area contributed by atoms with E-state index in [1.165, 1.54) is 4.88 Å². The summed E-state index contributed by atoms with van der Waals surface area (Å²) >= 11 is 7.76. The molecule has 1 aromatic carbocycles. The van der Waals surface area contributed by atoms with Crippen LogP contribution in [-0.4, -0.2) is 22.6 Å². The summed E-state index contributed by atoms with van der Waals surface area (Å²) in [5, 5.41) is 13.1. The molecule has 1 heterocycles. The zero-order chi connectivity index (χ0) is 15.2. The van der Waals surface area contributed by atoms with E-state index in [0.717, 1.165) is 18.7 Å². The molecular weight excluding hydrogens is 302 g/mol. The van der Waals surface area contributed by atoms with E-state index < -0.39 is 6.10 Å². The number of hydrogen-bond donors (Lipinski definition) is 1. The van der Waals surface area contributed by atoms with Crippen molar-refractivity contribution in [3.05, 3.63) is 57.2 Å². The maximum Gasteiger partial charge on any atom is 0.0802 e. The Morgan fingerprint density at radius 1 is 1.24 bits per heavy atom. The highest BCUT2D eigenvalue weighted by molar-refractivity contribution is 7.09. The van der Waals surface area contributed by atoms with Gasteiger partial charge in [0.05, 0.1) is 6.10 Å². The van der Waals surface area contributed by atoms with Gasteiger partial charge in [-0.2, -0.15) is 0 Å². The number of benzene rings is 1. The van der Waals surface area contributed by atoms with Gasteiger partial charge in [0, 0.05) is 29.0 Å². The van der Waals surface area contributed by atoms with Crippen molar-refractivity contribution in [3.63, 3.8) is 0 Å². The molecule has 0 fully saturated rings. The first-order valence-corrected chi connectivity index (χ1v) is 8.52. The molecule has 1 atom stereocenters. The Kier molecular flexibility index (Phi) is 6.24. The highest BCUT2D eigenvalue weighted by Gasteiger charge is 2.14. The van der Waals surface area contributed by atoms with Crippen LogP contribution < -0.4 is 0 Å².